The fourth-order valence-corrected chi connectivity index (χ4v) is 5.93. The highest BCUT2D eigenvalue weighted by atomic mass is 35.5. The van der Waals surface area contributed by atoms with Crippen molar-refractivity contribution in [1.82, 2.24) is 0 Å². The van der Waals surface area contributed by atoms with Gasteiger partial charge in [0.1, 0.15) is 5.78 Å². The quantitative estimate of drug-likeness (QED) is 0.318. The SMILES string of the molecule is CC(C)CCOP(=O)(c1ccc(N(C)C)cc1)C(Nc1ccccc1)c1ccc(Cl)cc1. The molecule has 0 spiro atoms. The van der Waals surface area contributed by atoms with E-state index in [9.17, 15) is 4.57 Å². The fourth-order valence-electron chi connectivity index (χ4n) is 3.38. The zero-order chi connectivity index (χ0) is 23.1. The summed E-state index contributed by atoms with van der Waals surface area (Å²) in [6.07, 6.45) is 0.832. The highest BCUT2D eigenvalue weighted by Gasteiger charge is 2.38. The Hall–Kier alpha value is -2.26. The lowest BCUT2D eigenvalue weighted by Crippen LogP contribution is -2.21. The van der Waals surface area contributed by atoms with Gasteiger partial charge < -0.3 is 14.7 Å². The number of benzene rings is 3. The van der Waals surface area contributed by atoms with E-state index in [0.717, 1.165) is 23.4 Å². The molecule has 0 aromatic heterocycles. The topological polar surface area (TPSA) is 41.6 Å². The van der Waals surface area contributed by atoms with Crippen LogP contribution in [0.2, 0.25) is 5.02 Å². The Bertz CT molecular complexity index is 1020. The lowest BCUT2D eigenvalue weighted by molar-refractivity contribution is 0.290. The molecule has 0 saturated heterocycles. The molecule has 0 aliphatic carbocycles. The Balaban J connectivity index is 2.08. The Morgan fingerprint density at radius 1 is 0.938 bits per heavy atom. The first kappa shape index (κ1) is 24.4. The molecule has 0 amide bonds. The van der Waals surface area contributed by atoms with Crippen molar-refractivity contribution >= 4 is 35.6 Å². The van der Waals surface area contributed by atoms with E-state index in [2.05, 4.69) is 19.2 Å². The van der Waals surface area contributed by atoms with Crippen LogP contribution in [0.3, 0.4) is 0 Å². The Labute approximate surface area is 197 Å². The molecule has 0 fully saturated rings. The molecule has 3 aromatic carbocycles. The van der Waals surface area contributed by atoms with E-state index in [4.69, 9.17) is 16.1 Å². The Morgan fingerprint density at radius 3 is 2.12 bits per heavy atom. The Morgan fingerprint density at radius 2 is 1.56 bits per heavy atom. The van der Waals surface area contributed by atoms with Gasteiger partial charge in [0.25, 0.3) is 7.37 Å². The maximum Gasteiger partial charge on any atom is 0.258 e. The number of hydrogen-bond acceptors (Lipinski definition) is 4. The first-order chi connectivity index (χ1) is 15.3. The van der Waals surface area contributed by atoms with Crippen molar-refractivity contribution in [2.75, 3.05) is 30.9 Å². The second-order valence-electron chi connectivity index (χ2n) is 8.49. The predicted molar refractivity (Wildman–Crippen MR) is 138 cm³/mol. The van der Waals surface area contributed by atoms with Crippen molar-refractivity contribution in [2.24, 2.45) is 5.92 Å². The van der Waals surface area contributed by atoms with Crippen LogP contribution in [0.4, 0.5) is 11.4 Å². The number of anilines is 2. The zero-order valence-electron chi connectivity index (χ0n) is 19.2. The lowest BCUT2D eigenvalue weighted by atomic mass is 10.2. The molecular formula is C26H32ClN2O2P. The van der Waals surface area contributed by atoms with Crippen LogP contribution in [0.15, 0.2) is 78.9 Å². The monoisotopic (exact) mass is 470 g/mol. The third-order valence-electron chi connectivity index (χ3n) is 5.31. The number of rotatable bonds is 10. The normalized spacial score (nSPS) is 14.1. The Kier molecular flexibility index (Phi) is 8.42. The average Bonchev–Trinajstić information content (AvgIpc) is 2.78. The first-order valence-electron chi connectivity index (χ1n) is 10.9. The summed E-state index contributed by atoms with van der Waals surface area (Å²) in [6, 6.07) is 25.1. The van der Waals surface area contributed by atoms with E-state index in [1.54, 1.807) is 0 Å². The summed E-state index contributed by atoms with van der Waals surface area (Å²) >= 11 is 6.15. The second-order valence-corrected chi connectivity index (χ2v) is 11.4. The van der Waals surface area contributed by atoms with Crippen LogP contribution in [0.25, 0.3) is 0 Å². The molecular weight excluding hydrogens is 439 g/mol. The van der Waals surface area contributed by atoms with Crippen LogP contribution in [0.5, 0.6) is 0 Å². The molecule has 0 heterocycles. The van der Waals surface area contributed by atoms with Crippen molar-refractivity contribution in [3.05, 3.63) is 89.4 Å². The van der Waals surface area contributed by atoms with Crippen molar-refractivity contribution in [1.29, 1.82) is 0 Å². The van der Waals surface area contributed by atoms with Gasteiger partial charge in [0.05, 0.1) is 6.61 Å². The van der Waals surface area contributed by atoms with Gasteiger partial charge in [-0.25, -0.2) is 0 Å². The van der Waals surface area contributed by atoms with Gasteiger partial charge in [0, 0.05) is 35.8 Å². The summed E-state index contributed by atoms with van der Waals surface area (Å²) in [4.78, 5) is 2.02. The molecule has 6 heteroatoms. The van der Waals surface area contributed by atoms with Crippen molar-refractivity contribution in [3.8, 4) is 0 Å². The molecule has 1 N–H and O–H groups in total. The van der Waals surface area contributed by atoms with Gasteiger partial charge in [-0.2, -0.15) is 0 Å². The number of para-hydroxylation sites is 1. The van der Waals surface area contributed by atoms with E-state index >= 15 is 0 Å². The third kappa shape index (κ3) is 6.16. The minimum atomic E-state index is -3.36. The summed E-state index contributed by atoms with van der Waals surface area (Å²) in [5.74, 6) is -0.102. The van der Waals surface area contributed by atoms with Gasteiger partial charge in [-0.05, 0) is 66.4 Å². The zero-order valence-corrected chi connectivity index (χ0v) is 20.8. The van der Waals surface area contributed by atoms with E-state index in [0.29, 0.717) is 22.9 Å². The molecule has 32 heavy (non-hydrogen) atoms. The molecule has 170 valence electrons. The largest absolute Gasteiger partial charge is 0.378 e. The standard InChI is InChI=1S/C26H32ClN2O2P/c1-20(2)18-19-31-32(30,25-16-14-24(15-17-25)29(3)4)26(21-10-12-22(27)13-11-21)28-23-8-6-5-7-9-23/h5-17,20,26,28H,18-19H2,1-4H3. The second kappa shape index (κ2) is 11.0. The van der Waals surface area contributed by atoms with Crippen molar-refractivity contribution in [3.63, 3.8) is 0 Å². The summed E-state index contributed by atoms with van der Waals surface area (Å²) in [6.45, 7) is 4.70. The summed E-state index contributed by atoms with van der Waals surface area (Å²) < 4.78 is 21.0. The van der Waals surface area contributed by atoms with Crippen LogP contribution in [0, 0.1) is 5.92 Å². The van der Waals surface area contributed by atoms with Crippen LogP contribution in [0.1, 0.15) is 31.6 Å². The van der Waals surface area contributed by atoms with E-state index in [-0.39, 0.29) is 0 Å². The maximum absolute atomic E-state index is 14.7. The van der Waals surface area contributed by atoms with Crippen LogP contribution in [-0.2, 0) is 9.09 Å². The third-order valence-corrected chi connectivity index (χ3v) is 8.25. The molecule has 4 nitrogen and oxygen atoms in total. The number of hydrogen-bond donors (Lipinski definition) is 1. The van der Waals surface area contributed by atoms with Gasteiger partial charge in [-0.1, -0.05) is 55.8 Å². The molecule has 0 aliphatic rings. The fraction of sp³-hybridized carbons (Fsp3) is 0.308. The van der Waals surface area contributed by atoms with Crippen LogP contribution < -0.4 is 15.5 Å². The average molecular weight is 471 g/mol. The number of nitrogens with one attached hydrogen (secondary N) is 1. The molecule has 3 aromatic rings. The van der Waals surface area contributed by atoms with Gasteiger partial charge in [0.15, 0.2) is 0 Å². The first-order valence-corrected chi connectivity index (χ1v) is 13.0. The van der Waals surface area contributed by atoms with Gasteiger partial charge in [-0.15, -0.1) is 0 Å². The van der Waals surface area contributed by atoms with Crippen molar-refractivity contribution < 1.29 is 9.09 Å². The maximum atomic E-state index is 14.7. The number of halogens is 1. The van der Waals surface area contributed by atoms with E-state index < -0.39 is 13.2 Å². The molecule has 0 saturated carbocycles. The summed E-state index contributed by atoms with van der Waals surface area (Å²) in [5.41, 5.74) is 2.79. The molecule has 3 rings (SSSR count). The molecule has 2 atom stereocenters. The minimum Gasteiger partial charge on any atom is -0.378 e. The van der Waals surface area contributed by atoms with Crippen LogP contribution in [-0.4, -0.2) is 20.7 Å². The van der Waals surface area contributed by atoms with Crippen LogP contribution >= 0.6 is 19.0 Å². The van der Waals surface area contributed by atoms with Gasteiger partial charge in [-0.3, -0.25) is 4.57 Å². The molecule has 0 radical (unpaired) electrons. The highest BCUT2D eigenvalue weighted by Crippen LogP contribution is 2.59. The highest BCUT2D eigenvalue weighted by molar-refractivity contribution is 7.67. The summed E-state index contributed by atoms with van der Waals surface area (Å²) in [5, 5.41) is 4.81. The van der Waals surface area contributed by atoms with Crippen molar-refractivity contribution in [2.45, 2.75) is 26.1 Å². The smallest absolute Gasteiger partial charge is 0.258 e. The number of nitrogens with zero attached hydrogens (tertiary/aromatic N) is 1. The van der Waals surface area contributed by atoms with Gasteiger partial charge in [0.2, 0.25) is 0 Å². The molecule has 2 unspecified atom stereocenters. The molecule has 0 aliphatic heterocycles. The van der Waals surface area contributed by atoms with E-state index in [1.807, 2.05) is 97.9 Å². The summed E-state index contributed by atoms with van der Waals surface area (Å²) in [7, 11) is 0.611. The predicted octanol–water partition coefficient (Wildman–Crippen LogP) is 7.18. The van der Waals surface area contributed by atoms with Gasteiger partial charge >= 0.3 is 0 Å². The minimum absolute atomic E-state index is 0.422. The molecule has 0 bridgehead atoms. The lowest BCUT2D eigenvalue weighted by Gasteiger charge is -2.30. The van der Waals surface area contributed by atoms with E-state index in [1.165, 1.54) is 0 Å².